The van der Waals surface area contributed by atoms with Gasteiger partial charge in [0.2, 0.25) is 5.83 Å². The Morgan fingerprint density at radius 3 is 1.63 bits per heavy atom. The Morgan fingerprint density at radius 2 is 1.17 bits per heavy atom. The molecular weight excluding hydrogens is 591 g/mol. The molecule has 0 aliphatic rings. The predicted octanol–water partition coefficient (Wildman–Crippen LogP) is 9.68. The van der Waals surface area contributed by atoms with Crippen molar-refractivity contribution >= 4 is 0 Å². The molecule has 0 heterocycles. The summed E-state index contributed by atoms with van der Waals surface area (Å²) in [6.07, 6.45) is -15.6. The molecule has 0 atom stereocenters. The molecule has 0 amide bonds. The fourth-order valence-corrected chi connectivity index (χ4v) is 3.49. The first-order valence-corrected chi connectivity index (χ1v) is 11.2. The topological polar surface area (TPSA) is 18.5 Å². The Hall–Kier alpha value is -3.91. The van der Waals surface area contributed by atoms with Crippen molar-refractivity contribution in [3.8, 4) is 22.6 Å². The molecule has 0 saturated carbocycles. The zero-order valence-corrected chi connectivity index (χ0v) is 20.3. The van der Waals surface area contributed by atoms with Gasteiger partial charge in [0.15, 0.2) is 17.4 Å². The van der Waals surface area contributed by atoms with Crippen LogP contribution in [0, 0.1) is 23.3 Å². The lowest BCUT2D eigenvalue weighted by molar-refractivity contribution is -0.190. The molecule has 0 aliphatic heterocycles. The van der Waals surface area contributed by atoms with Crippen LogP contribution >= 0.6 is 0 Å². The molecule has 0 radical (unpaired) electrons. The Morgan fingerprint density at radius 1 is 0.659 bits per heavy atom. The molecule has 0 saturated heterocycles. The van der Waals surface area contributed by atoms with Crippen molar-refractivity contribution in [2.45, 2.75) is 38.2 Å². The van der Waals surface area contributed by atoms with Crippen molar-refractivity contribution in [1.82, 2.24) is 0 Å². The third kappa shape index (κ3) is 7.06. The van der Waals surface area contributed by atoms with Crippen LogP contribution in [0.5, 0.6) is 11.5 Å². The lowest BCUT2D eigenvalue weighted by Crippen LogP contribution is -2.29. The van der Waals surface area contributed by atoms with Crippen molar-refractivity contribution in [1.29, 1.82) is 0 Å². The first-order valence-electron chi connectivity index (χ1n) is 11.2. The number of hydrogen-bond acceptors (Lipinski definition) is 2. The molecule has 41 heavy (non-hydrogen) atoms. The molecule has 3 aromatic carbocycles. The maximum atomic E-state index is 14.7. The predicted molar refractivity (Wildman–Crippen MR) is 118 cm³/mol. The molecule has 0 bridgehead atoms. The minimum Gasteiger partial charge on any atom is -0.429 e. The summed E-state index contributed by atoms with van der Waals surface area (Å²) in [5.41, 5.74) is -0.975. The number of alkyl halides is 7. The summed E-state index contributed by atoms with van der Waals surface area (Å²) >= 11 is 0. The SMILES string of the molecule is CCCc1ccc(-c2cc(F)c(C(F)(F)Oc3cc(F)c(OC(F)(F)/C(F)=C(\F)C(F)(F)F)c(F)c3)c(F)c2)cc1. The van der Waals surface area contributed by atoms with Crippen molar-refractivity contribution in [3.63, 3.8) is 0 Å². The van der Waals surface area contributed by atoms with Crippen LogP contribution in [0.15, 0.2) is 60.2 Å². The third-order valence-corrected chi connectivity index (χ3v) is 5.30. The van der Waals surface area contributed by atoms with Crippen LogP contribution in [0.4, 0.5) is 57.1 Å². The average Bonchev–Trinajstić information content (AvgIpc) is 2.84. The highest BCUT2D eigenvalue weighted by atomic mass is 19.4. The van der Waals surface area contributed by atoms with Crippen molar-refractivity contribution in [2.75, 3.05) is 0 Å². The molecule has 222 valence electrons. The molecule has 15 heteroatoms. The zero-order chi connectivity index (χ0) is 30.9. The maximum Gasteiger partial charge on any atom is 0.457 e. The summed E-state index contributed by atoms with van der Waals surface area (Å²) < 4.78 is 184. The maximum absolute atomic E-state index is 14.7. The van der Waals surface area contributed by atoms with Crippen LogP contribution in [-0.4, -0.2) is 12.3 Å². The minimum atomic E-state index is -6.25. The first kappa shape index (κ1) is 31.6. The molecule has 3 aromatic rings. The fourth-order valence-electron chi connectivity index (χ4n) is 3.49. The Labute approximate surface area is 222 Å². The Balaban J connectivity index is 1.89. The van der Waals surface area contributed by atoms with Gasteiger partial charge in [-0.1, -0.05) is 37.6 Å². The third-order valence-electron chi connectivity index (χ3n) is 5.30. The Bertz CT molecular complexity index is 1400. The molecule has 2 nitrogen and oxygen atoms in total. The smallest absolute Gasteiger partial charge is 0.429 e. The number of allylic oxidation sites excluding steroid dienone is 1. The van der Waals surface area contributed by atoms with E-state index >= 15 is 0 Å². The van der Waals surface area contributed by atoms with E-state index in [1.165, 1.54) is 12.1 Å². The molecule has 0 fully saturated rings. The van der Waals surface area contributed by atoms with Crippen LogP contribution in [0.2, 0.25) is 0 Å². The van der Waals surface area contributed by atoms with E-state index in [-0.39, 0.29) is 23.3 Å². The highest BCUT2D eigenvalue weighted by Gasteiger charge is 2.50. The molecule has 0 aromatic heterocycles. The summed E-state index contributed by atoms with van der Waals surface area (Å²) in [7, 11) is 0. The standard InChI is InChI=1S/C26H15F13O2/c1-2-3-12-4-6-13(7-5-12)14-8-16(27)20(17(28)9-14)25(36,37)40-15-10-18(29)21(19(30)11-15)41-26(38,39)23(32)22(31)24(33,34)35/h4-11H,2-3H2,1H3/b23-22+. The monoisotopic (exact) mass is 606 g/mol. The molecule has 0 aliphatic carbocycles. The second-order valence-electron chi connectivity index (χ2n) is 8.34. The van der Waals surface area contributed by atoms with Gasteiger partial charge < -0.3 is 9.47 Å². The Kier molecular flexibility index (Phi) is 8.89. The van der Waals surface area contributed by atoms with Crippen molar-refractivity contribution in [2.24, 2.45) is 0 Å². The molecular formula is C26H15F13O2. The highest BCUT2D eigenvalue weighted by molar-refractivity contribution is 5.64. The van der Waals surface area contributed by atoms with Crippen LogP contribution in [0.3, 0.4) is 0 Å². The summed E-state index contributed by atoms with van der Waals surface area (Å²) in [6.45, 7) is 1.92. The van der Waals surface area contributed by atoms with Crippen LogP contribution < -0.4 is 9.47 Å². The summed E-state index contributed by atoms with van der Waals surface area (Å²) in [4.78, 5) is 0. The zero-order valence-electron chi connectivity index (χ0n) is 20.3. The van der Waals surface area contributed by atoms with Gasteiger partial charge in [0, 0.05) is 12.1 Å². The minimum absolute atomic E-state index is 0.148. The van der Waals surface area contributed by atoms with Crippen molar-refractivity contribution in [3.05, 3.63) is 94.6 Å². The second-order valence-corrected chi connectivity index (χ2v) is 8.34. The van der Waals surface area contributed by atoms with Gasteiger partial charge in [-0.05, 0) is 35.2 Å². The van der Waals surface area contributed by atoms with E-state index < -0.39 is 70.4 Å². The second kappa shape index (κ2) is 11.5. The number of hydrogen-bond donors (Lipinski definition) is 0. The highest BCUT2D eigenvalue weighted by Crippen LogP contribution is 2.42. The van der Waals surface area contributed by atoms with E-state index in [0.717, 1.165) is 12.0 Å². The van der Waals surface area contributed by atoms with Gasteiger partial charge in [-0.2, -0.15) is 39.5 Å². The van der Waals surface area contributed by atoms with E-state index in [4.69, 9.17) is 0 Å². The van der Waals surface area contributed by atoms with Gasteiger partial charge in [-0.15, -0.1) is 0 Å². The fraction of sp³-hybridized carbons (Fsp3) is 0.231. The van der Waals surface area contributed by atoms with E-state index in [2.05, 4.69) is 9.47 Å². The molecule has 0 N–H and O–H groups in total. The normalized spacial score (nSPS) is 13.2. The number of ether oxygens (including phenoxy) is 2. The lowest BCUT2D eigenvalue weighted by atomic mass is 10.00. The van der Waals surface area contributed by atoms with Crippen LogP contribution in [0.25, 0.3) is 11.1 Å². The van der Waals surface area contributed by atoms with Crippen LogP contribution in [-0.2, 0) is 12.5 Å². The molecule has 0 spiro atoms. The summed E-state index contributed by atoms with van der Waals surface area (Å²) in [5, 5.41) is 0. The summed E-state index contributed by atoms with van der Waals surface area (Å²) in [6, 6.07) is 6.79. The van der Waals surface area contributed by atoms with Gasteiger partial charge in [0.1, 0.15) is 22.9 Å². The van der Waals surface area contributed by atoms with Gasteiger partial charge in [0.25, 0.3) is 5.83 Å². The summed E-state index contributed by atoms with van der Waals surface area (Å²) in [5.74, 6) is -20.1. The van der Waals surface area contributed by atoms with Crippen molar-refractivity contribution < 1.29 is 66.5 Å². The molecule has 3 rings (SSSR count). The van der Waals surface area contributed by atoms with Gasteiger partial charge in [-0.25, -0.2) is 17.6 Å². The largest absolute Gasteiger partial charge is 0.457 e. The number of benzene rings is 3. The van der Waals surface area contributed by atoms with E-state index in [0.29, 0.717) is 18.6 Å². The van der Waals surface area contributed by atoms with Gasteiger partial charge in [0.05, 0.1) is 0 Å². The number of rotatable bonds is 9. The van der Waals surface area contributed by atoms with E-state index in [9.17, 15) is 57.1 Å². The van der Waals surface area contributed by atoms with E-state index in [1.807, 2.05) is 6.92 Å². The van der Waals surface area contributed by atoms with Gasteiger partial charge >= 0.3 is 18.4 Å². The lowest BCUT2D eigenvalue weighted by Gasteiger charge is -2.21. The first-order chi connectivity index (χ1) is 18.9. The van der Waals surface area contributed by atoms with Gasteiger partial charge in [-0.3, -0.25) is 0 Å². The molecule has 0 unspecified atom stereocenters. The van der Waals surface area contributed by atoms with Crippen LogP contribution in [0.1, 0.15) is 24.5 Å². The van der Waals surface area contributed by atoms with E-state index in [1.54, 1.807) is 12.1 Å². The average molecular weight is 606 g/mol. The number of halogens is 13. The number of aryl methyl sites for hydroxylation is 1. The quantitative estimate of drug-likeness (QED) is 0.226.